The quantitative estimate of drug-likeness (QED) is 0.781. The number of carbonyl (C=O) groups is 1. The molecule has 5 heteroatoms. The lowest BCUT2D eigenvalue weighted by Crippen LogP contribution is -2.47. The molecule has 2 aliphatic rings. The Morgan fingerprint density at radius 3 is 2.95 bits per heavy atom. The number of likely N-dealkylation sites (tertiary alicyclic amines) is 1. The fourth-order valence-corrected chi connectivity index (χ4v) is 3.83. The zero-order valence-corrected chi connectivity index (χ0v) is 12.4. The van der Waals surface area contributed by atoms with Crippen molar-refractivity contribution < 1.29 is 4.79 Å². The van der Waals surface area contributed by atoms with Crippen LogP contribution in [-0.4, -0.2) is 43.0 Å². The van der Waals surface area contributed by atoms with Gasteiger partial charge in [-0.3, -0.25) is 4.79 Å². The van der Waals surface area contributed by atoms with E-state index in [9.17, 15) is 10.1 Å². The fourth-order valence-electron chi connectivity index (χ4n) is 3.83. The molecule has 1 saturated carbocycles. The van der Waals surface area contributed by atoms with E-state index in [1.54, 1.807) is 0 Å². The van der Waals surface area contributed by atoms with Crippen LogP contribution in [0.2, 0.25) is 0 Å². The van der Waals surface area contributed by atoms with Crippen molar-refractivity contribution >= 4 is 5.91 Å². The number of carbonyl (C=O) groups excluding carboxylic acids is 1. The minimum absolute atomic E-state index is 0.0114. The van der Waals surface area contributed by atoms with Gasteiger partial charge in [-0.15, -0.1) is 0 Å². The third-order valence-electron chi connectivity index (χ3n) is 5.17. The number of piperidine rings is 1. The monoisotopic (exact) mass is 278 g/mol. The van der Waals surface area contributed by atoms with Crippen molar-refractivity contribution in [3.05, 3.63) is 0 Å². The molecule has 20 heavy (non-hydrogen) atoms. The topological polar surface area (TPSA) is 82.2 Å². The molecule has 0 radical (unpaired) electrons. The average Bonchev–Trinajstić information content (AvgIpc) is 2.88. The molecule has 1 aliphatic carbocycles. The molecular weight excluding hydrogens is 252 g/mol. The number of hydrogen-bond acceptors (Lipinski definition) is 4. The minimum Gasteiger partial charge on any atom is -0.369 e. The summed E-state index contributed by atoms with van der Waals surface area (Å²) in [4.78, 5) is 13.6. The molecule has 3 unspecified atom stereocenters. The highest BCUT2D eigenvalue weighted by molar-refractivity contribution is 5.76. The van der Waals surface area contributed by atoms with Gasteiger partial charge in [-0.25, -0.2) is 0 Å². The Balaban J connectivity index is 1.86. The Labute approximate surface area is 121 Å². The van der Waals surface area contributed by atoms with Crippen molar-refractivity contribution in [1.29, 1.82) is 5.26 Å². The van der Waals surface area contributed by atoms with Crippen molar-refractivity contribution in [2.75, 3.05) is 26.7 Å². The smallest absolute Gasteiger partial charge is 0.221 e. The second-order valence-electron chi connectivity index (χ2n) is 6.25. The molecule has 1 saturated heterocycles. The molecule has 3 N–H and O–H groups in total. The van der Waals surface area contributed by atoms with Crippen LogP contribution in [-0.2, 0) is 4.79 Å². The molecule has 2 rings (SSSR count). The average molecular weight is 278 g/mol. The number of hydrogen-bond donors (Lipinski definition) is 2. The summed E-state index contributed by atoms with van der Waals surface area (Å²) in [6, 6.07) is 2.49. The summed E-state index contributed by atoms with van der Waals surface area (Å²) in [5.74, 6) is 0.265. The number of amides is 1. The largest absolute Gasteiger partial charge is 0.369 e. The first-order chi connectivity index (χ1) is 9.61. The number of nitrogens with one attached hydrogen (secondary N) is 1. The van der Waals surface area contributed by atoms with Crippen LogP contribution in [0.15, 0.2) is 0 Å². The van der Waals surface area contributed by atoms with Gasteiger partial charge in [0.05, 0.1) is 12.0 Å². The Hall–Kier alpha value is -1.12. The molecule has 0 aromatic rings. The van der Waals surface area contributed by atoms with Gasteiger partial charge in [0.25, 0.3) is 0 Å². The Kier molecular flexibility index (Phi) is 5.00. The van der Waals surface area contributed by atoms with E-state index < -0.39 is 0 Å². The fraction of sp³-hybridized carbons (Fsp3) is 0.867. The van der Waals surface area contributed by atoms with Crippen LogP contribution in [0.4, 0.5) is 0 Å². The number of nitrogens with two attached hydrogens (primary N) is 1. The van der Waals surface area contributed by atoms with Crippen molar-refractivity contribution in [2.24, 2.45) is 17.6 Å². The molecule has 3 atom stereocenters. The third kappa shape index (κ3) is 3.13. The van der Waals surface area contributed by atoms with E-state index >= 15 is 0 Å². The molecule has 0 spiro atoms. The van der Waals surface area contributed by atoms with E-state index in [0.717, 1.165) is 58.2 Å². The van der Waals surface area contributed by atoms with Crippen molar-refractivity contribution in [1.82, 2.24) is 10.2 Å². The predicted molar refractivity (Wildman–Crippen MR) is 77.7 cm³/mol. The SMILES string of the molecule is CNC1(C#N)CCCC1CCN1CCCC(C(N)=O)C1. The zero-order valence-electron chi connectivity index (χ0n) is 12.4. The van der Waals surface area contributed by atoms with Crippen molar-refractivity contribution in [3.63, 3.8) is 0 Å². The Morgan fingerprint density at radius 2 is 2.30 bits per heavy atom. The number of primary amides is 1. The second-order valence-corrected chi connectivity index (χ2v) is 6.25. The van der Waals surface area contributed by atoms with Gasteiger partial charge in [-0.1, -0.05) is 6.42 Å². The van der Waals surface area contributed by atoms with E-state index in [0.29, 0.717) is 5.92 Å². The molecule has 0 bridgehead atoms. The summed E-state index contributed by atoms with van der Waals surface area (Å²) < 4.78 is 0. The van der Waals surface area contributed by atoms with E-state index in [-0.39, 0.29) is 17.4 Å². The standard InChI is InChI=1S/C15H26N4O/c1-18-15(11-16)7-2-5-13(15)6-9-19-8-3-4-12(10-19)14(17)20/h12-13,18H,2-10H2,1H3,(H2,17,20). The van der Waals surface area contributed by atoms with E-state index in [1.165, 1.54) is 0 Å². The first-order valence-electron chi connectivity index (χ1n) is 7.73. The maximum Gasteiger partial charge on any atom is 0.221 e. The first kappa shape index (κ1) is 15.3. The summed E-state index contributed by atoms with van der Waals surface area (Å²) in [5.41, 5.74) is 5.08. The van der Waals surface area contributed by atoms with E-state index in [4.69, 9.17) is 5.73 Å². The number of nitrogens with zero attached hydrogens (tertiary/aromatic N) is 2. The van der Waals surface area contributed by atoms with E-state index in [2.05, 4.69) is 16.3 Å². The molecule has 0 aromatic heterocycles. The molecule has 5 nitrogen and oxygen atoms in total. The van der Waals surface area contributed by atoms with Crippen LogP contribution in [0.3, 0.4) is 0 Å². The van der Waals surface area contributed by atoms with Gasteiger partial charge in [-0.2, -0.15) is 5.26 Å². The Bertz CT molecular complexity index is 392. The van der Waals surface area contributed by atoms with Crippen LogP contribution in [0.25, 0.3) is 0 Å². The highest BCUT2D eigenvalue weighted by Gasteiger charge is 2.41. The lowest BCUT2D eigenvalue weighted by atomic mass is 9.85. The highest BCUT2D eigenvalue weighted by atomic mass is 16.1. The zero-order chi connectivity index (χ0) is 14.6. The first-order valence-corrected chi connectivity index (χ1v) is 7.73. The summed E-state index contributed by atoms with van der Waals surface area (Å²) in [6.45, 7) is 2.82. The highest BCUT2D eigenvalue weighted by Crippen LogP contribution is 2.37. The molecular formula is C15H26N4O. The van der Waals surface area contributed by atoms with Crippen LogP contribution >= 0.6 is 0 Å². The normalized spacial score (nSPS) is 34.8. The van der Waals surface area contributed by atoms with Gasteiger partial charge in [-0.05, 0) is 58.2 Å². The van der Waals surface area contributed by atoms with Gasteiger partial charge in [0.1, 0.15) is 5.54 Å². The summed E-state index contributed by atoms with van der Waals surface area (Å²) >= 11 is 0. The Morgan fingerprint density at radius 1 is 1.50 bits per heavy atom. The van der Waals surface area contributed by atoms with Crippen LogP contribution < -0.4 is 11.1 Å². The maximum atomic E-state index is 11.3. The lowest BCUT2D eigenvalue weighted by Gasteiger charge is -2.34. The van der Waals surface area contributed by atoms with Crippen molar-refractivity contribution in [3.8, 4) is 6.07 Å². The maximum absolute atomic E-state index is 11.3. The molecule has 112 valence electrons. The van der Waals surface area contributed by atoms with Gasteiger partial charge in [0, 0.05) is 6.54 Å². The number of rotatable bonds is 5. The molecule has 2 fully saturated rings. The van der Waals surface area contributed by atoms with Crippen LogP contribution in [0, 0.1) is 23.2 Å². The summed E-state index contributed by atoms with van der Waals surface area (Å²) in [5, 5.41) is 12.7. The predicted octanol–water partition coefficient (Wildman–Crippen LogP) is 0.856. The lowest BCUT2D eigenvalue weighted by molar-refractivity contribution is -0.123. The van der Waals surface area contributed by atoms with Gasteiger partial charge in [0.2, 0.25) is 5.91 Å². The molecule has 1 amide bonds. The van der Waals surface area contributed by atoms with Gasteiger partial charge in [0.15, 0.2) is 0 Å². The van der Waals surface area contributed by atoms with Gasteiger partial charge < -0.3 is 16.0 Å². The number of nitriles is 1. The van der Waals surface area contributed by atoms with Gasteiger partial charge >= 0.3 is 0 Å². The van der Waals surface area contributed by atoms with Crippen molar-refractivity contribution in [2.45, 2.75) is 44.1 Å². The second kappa shape index (κ2) is 6.55. The molecule has 0 aromatic carbocycles. The van der Waals surface area contributed by atoms with Crippen LogP contribution in [0.1, 0.15) is 38.5 Å². The van der Waals surface area contributed by atoms with Crippen LogP contribution in [0.5, 0.6) is 0 Å². The van der Waals surface area contributed by atoms with E-state index in [1.807, 2.05) is 7.05 Å². The molecule has 1 aliphatic heterocycles. The summed E-state index contributed by atoms with van der Waals surface area (Å²) in [7, 11) is 1.89. The third-order valence-corrected chi connectivity index (χ3v) is 5.17. The summed E-state index contributed by atoms with van der Waals surface area (Å²) in [6.07, 6.45) is 6.21. The molecule has 1 heterocycles. The minimum atomic E-state index is -0.334.